The molecule has 0 aromatic heterocycles. The summed E-state index contributed by atoms with van der Waals surface area (Å²) in [6.45, 7) is 0. The number of halogens is 3. The molecule has 0 fully saturated rings. The maximum absolute atomic E-state index is 10.5. The van der Waals surface area contributed by atoms with E-state index in [1.54, 1.807) is 0 Å². The lowest BCUT2D eigenvalue weighted by atomic mass is 10.2. The van der Waals surface area contributed by atoms with E-state index in [-0.39, 0.29) is 0 Å². The molecule has 32 valence electrons. The van der Waals surface area contributed by atoms with Crippen molar-refractivity contribution in [3.8, 4) is 0 Å². The van der Waals surface area contributed by atoms with Crippen LogP contribution in [0.25, 0.3) is 0 Å². The van der Waals surface area contributed by atoms with Crippen molar-refractivity contribution in [2.24, 2.45) is 0 Å². The van der Waals surface area contributed by atoms with Gasteiger partial charge >= 0.3 is 0 Å². The quantitative estimate of drug-likeness (QED) is 0.358. The van der Waals surface area contributed by atoms with Crippen LogP contribution in [0.4, 0.5) is 13.2 Å². The fourth-order valence-electron chi connectivity index (χ4n) is 0. The van der Waals surface area contributed by atoms with Crippen LogP contribution < -0.4 is 0 Å². The first kappa shape index (κ1) is 4.85. The van der Waals surface area contributed by atoms with Gasteiger partial charge in [-0.3, -0.25) is 0 Å². The Morgan fingerprint density at radius 2 is 1.20 bits per heavy atom. The topological polar surface area (TPSA) is 0 Å². The van der Waals surface area contributed by atoms with E-state index in [1.165, 1.54) is 0 Å². The second-order valence-electron chi connectivity index (χ2n) is 0.214. The third-order valence-electron chi connectivity index (χ3n) is 0. The van der Waals surface area contributed by atoms with E-state index in [2.05, 4.69) is 0 Å². The third-order valence-corrected chi connectivity index (χ3v) is 0. The van der Waals surface area contributed by atoms with Crippen LogP contribution in [0.15, 0.2) is 0 Å². The first-order chi connectivity index (χ1) is 2.00. The summed E-state index contributed by atoms with van der Waals surface area (Å²) in [6.07, 6.45) is -3.75. The molecule has 0 unspecified atom stereocenters. The van der Waals surface area contributed by atoms with Crippen LogP contribution in [0.2, 0.25) is 0 Å². The molecule has 0 aliphatic heterocycles. The Hall–Kier alpha value is -0.145. The first-order valence-corrected chi connectivity index (χ1v) is 0.567. The first-order valence-electron chi connectivity index (χ1n) is 0.567. The van der Waals surface area contributed by atoms with Gasteiger partial charge in [-0.05, 0) is 0 Å². The molecule has 0 amide bonds. The monoisotopic (exact) mass is 83.0 g/mol. The van der Waals surface area contributed by atoms with Gasteiger partial charge in [-0.2, -0.15) is 0 Å². The Kier molecular flexibility index (Phi) is 0.890. The van der Waals surface area contributed by atoms with Gasteiger partial charge in [0.15, 0.2) is 0 Å². The molecular weight excluding hydrogens is 79.8 g/mol. The summed E-state index contributed by atoms with van der Waals surface area (Å²) in [5.41, 5.74) is 0. The molecule has 5 heavy (non-hydrogen) atoms. The van der Waals surface area contributed by atoms with Crippen molar-refractivity contribution in [3.63, 3.8) is 0 Å². The van der Waals surface area contributed by atoms with Gasteiger partial charge in [0, 0.05) is 0 Å². The van der Waals surface area contributed by atoms with Crippen molar-refractivity contribution in [3.05, 3.63) is 0 Å². The number of rotatable bonds is 0. The van der Waals surface area contributed by atoms with Crippen molar-refractivity contribution >= 4 is 7.85 Å². The summed E-state index contributed by atoms with van der Waals surface area (Å²) in [4.78, 5) is 0. The van der Waals surface area contributed by atoms with E-state index in [4.69, 9.17) is 0 Å². The van der Waals surface area contributed by atoms with Crippen molar-refractivity contribution < 1.29 is 13.2 Å². The average molecular weight is 82.8 g/mol. The fourth-order valence-corrected chi connectivity index (χ4v) is 0. The zero-order chi connectivity index (χ0) is 4.50. The van der Waals surface area contributed by atoms with Gasteiger partial charge in [-0.15, -0.1) is 0 Å². The number of alkyl halides is 3. The largest absolute Gasteiger partial charge is 0.241 e. The van der Waals surface area contributed by atoms with E-state index in [0.717, 1.165) is 0 Å². The lowest BCUT2D eigenvalue weighted by molar-refractivity contribution is -0.0429. The molecule has 4 heteroatoms. The summed E-state index contributed by atoms with van der Waals surface area (Å²) in [5.74, 6) is 0. The number of hydrogen-bond donors (Lipinski definition) is 0. The van der Waals surface area contributed by atoms with Gasteiger partial charge in [0.2, 0.25) is 6.08 Å². The van der Waals surface area contributed by atoms with Crippen molar-refractivity contribution in [2.75, 3.05) is 0 Å². The van der Waals surface area contributed by atoms with Gasteiger partial charge in [0.25, 0.3) is 0 Å². The molecular formula is CH3BF3-. The molecule has 0 saturated heterocycles. The van der Waals surface area contributed by atoms with Gasteiger partial charge < -0.3 is 0 Å². The molecule has 0 aliphatic carbocycles. The van der Waals surface area contributed by atoms with E-state index < -0.39 is 13.9 Å². The van der Waals surface area contributed by atoms with E-state index in [9.17, 15) is 13.2 Å². The zero-order valence-corrected chi connectivity index (χ0v) is 1.63. The highest BCUT2D eigenvalue weighted by Crippen LogP contribution is 2.05. The highest BCUT2D eigenvalue weighted by atomic mass is 19.4. The Morgan fingerprint density at radius 3 is 1.20 bits per heavy atom. The maximum Gasteiger partial charge on any atom is 0.241 e. The minimum absolute atomic E-state index is 1.40. The summed E-state index contributed by atoms with van der Waals surface area (Å²) in [7, 11) is -1.40. The van der Waals surface area contributed by atoms with Crippen molar-refractivity contribution in [1.82, 2.24) is 0 Å². The molecule has 0 spiro atoms. The van der Waals surface area contributed by atoms with Crippen molar-refractivity contribution in [2.45, 2.75) is 6.08 Å². The second kappa shape index (κ2) is 0.917. The molecule has 0 atom stereocenters. The van der Waals surface area contributed by atoms with Gasteiger partial charge in [0.05, 0.1) is 7.85 Å². The molecule has 0 N–H and O–H groups in total. The lowest BCUT2D eigenvalue weighted by Gasteiger charge is -1.96. The summed E-state index contributed by atoms with van der Waals surface area (Å²) < 4.78 is 31.4. The van der Waals surface area contributed by atoms with E-state index in [1.807, 2.05) is 0 Å². The number of hydrogen-bond acceptors (Lipinski definition) is 0. The minimum atomic E-state index is -3.75. The fraction of sp³-hybridized carbons (Fsp3) is 1.00. The maximum atomic E-state index is 10.5. The molecule has 0 aromatic carbocycles. The SMILES string of the molecule is [BH3-]C(F)(F)F. The molecule has 0 nitrogen and oxygen atoms in total. The predicted molar refractivity (Wildman–Crippen MR) is 16.0 cm³/mol. The zero-order valence-electron chi connectivity index (χ0n) is 1.63. The van der Waals surface area contributed by atoms with Crippen molar-refractivity contribution in [1.29, 1.82) is 0 Å². The van der Waals surface area contributed by atoms with E-state index in [0.29, 0.717) is 0 Å². The van der Waals surface area contributed by atoms with Gasteiger partial charge in [-0.25, -0.2) is 13.2 Å². The molecule has 0 bridgehead atoms. The molecule has 0 aliphatic rings. The Balaban J connectivity index is 3.02. The molecule has 0 rings (SSSR count). The Morgan fingerprint density at radius 1 is 1.20 bits per heavy atom. The normalized spacial score (nSPS) is 12.0. The van der Waals surface area contributed by atoms with Crippen LogP contribution in [0.3, 0.4) is 0 Å². The molecule has 0 heterocycles. The van der Waals surface area contributed by atoms with Gasteiger partial charge in [0.1, 0.15) is 0 Å². The smallest absolute Gasteiger partial charge is 0.218 e. The molecule has 0 aromatic rings. The van der Waals surface area contributed by atoms with Crippen LogP contribution in [0.5, 0.6) is 0 Å². The van der Waals surface area contributed by atoms with Gasteiger partial charge in [-0.1, -0.05) is 0 Å². The molecule has 0 radical (unpaired) electrons. The summed E-state index contributed by atoms with van der Waals surface area (Å²) in [5, 5.41) is 0. The third kappa shape index (κ3) is 630. The van der Waals surface area contributed by atoms with Crippen LogP contribution in [-0.2, 0) is 0 Å². The van der Waals surface area contributed by atoms with E-state index >= 15 is 0 Å². The summed E-state index contributed by atoms with van der Waals surface area (Å²) >= 11 is 0. The lowest BCUT2D eigenvalue weighted by Crippen LogP contribution is -2.03. The summed E-state index contributed by atoms with van der Waals surface area (Å²) in [6, 6.07) is 0. The highest BCUT2D eigenvalue weighted by Gasteiger charge is 2.06. The standard InChI is InChI=1S/CH3BF3/c2-1(3,4)5/h2H3/q-1. The average Bonchev–Trinajstić information content (AvgIpc) is 0.722. The van der Waals surface area contributed by atoms with Crippen LogP contribution in [0.1, 0.15) is 0 Å². The minimum Gasteiger partial charge on any atom is -0.218 e. The molecule has 0 saturated carbocycles. The Bertz CT molecular complexity index is 22.4. The second-order valence-corrected chi connectivity index (χ2v) is 0.214. The highest BCUT2D eigenvalue weighted by molar-refractivity contribution is 6.11. The Labute approximate surface area is 28.4 Å². The van der Waals surface area contributed by atoms with Crippen LogP contribution in [-0.4, -0.2) is 13.9 Å². The van der Waals surface area contributed by atoms with Crippen LogP contribution >= 0.6 is 0 Å². The van der Waals surface area contributed by atoms with Crippen LogP contribution in [0, 0.1) is 0 Å². The predicted octanol–water partition coefficient (Wildman–Crippen LogP) is -0.128.